The van der Waals surface area contributed by atoms with Crippen molar-refractivity contribution in [2.24, 2.45) is 0 Å². The van der Waals surface area contributed by atoms with Crippen LogP contribution < -0.4 is 10.1 Å². The second-order valence-electron chi connectivity index (χ2n) is 12.5. The van der Waals surface area contributed by atoms with Gasteiger partial charge in [0.15, 0.2) is 0 Å². The fraction of sp³-hybridized carbons (Fsp3) is 0.324. The average molecular weight is 716 g/mol. The highest BCUT2D eigenvalue weighted by Crippen LogP contribution is 2.41. The van der Waals surface area contributed by atoms with Crippen LogP contribution in [0.1, 0.15) is 54.1 Å². The average Bonchev–Trinajstić information content (AvgIpc) is 3.03. The van der Waals surface area contributed by atoms with E-state index in [0.29, 0.717) is 21.6 Å². The molecule has 8 nitrogen and oxygen atoms in total. The van der Waals surface area contributed by atoms with Gasteiger partial charge in [0.05, 0.1) is 18.0 Å². The van der Waals surface area contributed by atoms with Gasteiger partial charge in [-0.15, -0.1) is 0 Å². The van der Waals surface area contributed by atoms with Gasteiger partial charge < -0.3 is 20.1 Å². The normalized spacial score (nSPS) is 18.6. The van der Waals surface area contributed by atoms with Gasteiger partial charge in [-0.2, -0.15) is 13.2 Å². The van der Waals surface area contributed by atoms with E-state index >= 15 is 8.78 Å². The number of amides is 2. The summed E-state index contributed by atoms with van der Waals surface area (Å²) in [4.78, 5) is 41.2. The Kier molecular flexibility index (Phi) is 10.9. The number of carboxylic acid groups (broad SMARTS) is 1. The molecule has 0 saturated carbocycles. The number of carboxylic acids is 1. The third kappa shape index (κ3) is 8.11. The van der Waals surface area contributed by atoms with E-state index in [4.69, 9.17) is 4.74 Å². The van der Waals surface area contributed by atoms with E-state index in [0.717, 1.165) is 31.3 Å². The van der Waals surface area contributed by atoms with Crippen molar-refractivity contribution in [3.63, 3.8) is 0 Å². The number of aliphatic carboxylic acids is 1. The number of rotatable bonds is 9. The zero-order chi connectivity index (χ0) is 37.2. The maximum Gasteiger partial charge on any atom is 0.416 e. The lowest BCUT2D eigenvalue weighted by Crippen LogP contribution is -2.48. The molecule has 3 aromatic rings. The first-order valence-electron chi connectivity index (χ1n) is 16.0. The van der Waals surface area contributed by atoms with Gasteiger partial charge in [0.2, 0.25) is 12.3 Å². The number of nitrogens with zero attached hydrogens (tertiary/aromatic N) is 2. The summed E-state index contributed by atoms with van der Waals surface area (Å²) in [6.07, 6.45) is -5.61. The second kappa shape index (κ2) is 15.0. The Labute approximate surface area is 290 Å². The van der Waals surface area contributed by atoms with Crippen LogP contribution in [-0.4, -0.2) is 65.2 Å². The SMILES string of the molecule is C/C=C(\C(=C/N(C=O)C1C(=O)NC(CC(=O)O)c2cc(cc(C)c2F)-c2c(C)cccc2Oc2ccc(F)c1c2)CCN1CC(F)C1)C(F)(F)F. The number of alkyl halides is 4. The van der Waals surface area contributed by atoms with Gasteiger partial charge in [0.1, 0.15) is 35.3 Å². The third-order valence-corrected chi connectivity index (χ3v) is 8.89. The highest BCUT2D eigenvalue weighted by molar-refractivity contribution is 5.87. The van der Waals surface area contributed by atoms with Gasteiger partial charge >= 0.3 is 12.1 Å². The van der Waals surface area contributed by atoms with Crippen LogP contribution in [0.2, 0.25) is 0 Å². The predicted octanol–water partition coefficient (Wildman–Crippen LogP) is 7.62. The van der Waals surface area contributed by atoms with Gasteiger partial charge in [-0.25, -0.2) is 13.2 Å². The Morgan fingerprint density at radius 1 is 1.08 bits per heavy atom. The molecule has 270 valence electrons. The van der Waals surface area contributed by atoms with Crippen molar-refractivity contribution < 1.29 is 50.6 Å². The lowest BCUT2D eigenvalue weighted by Gasteiger charge is -2.35. The standard InChI is InChI=1S/C37H35F6N3O5/c1-4-28(37(41,42)43)22(10-11-45-17-24(38)18-45)16-46(19-47)35-26-14-25(8-9-29(26)39)51-31-7-5-6-20(2)33(31)23-12-21(3)34(40)27(13-23)30(15-32(48)49)44-36(35)50/h4-9,12-14,16,19,24,30,35H,10-11,15,17-18H2,1-3H3,(H,44,50)(H,48,49)/b22-16-,28-4+. The molecule has 0 radical (unpaired) electrons. The van der Waals surface area contributed by atoms with Gasteiger partial charge in [-0.1, -0.05) is 18.2 Å². The summed E-state index contributed by atoms with van der Waals surface area (Å²) < 4.78 is 94.1. The molecular formula is C37H35F6N3O5. The summed E-state index contributed by atoms with van der Waals surface area (Å²) in [5, 5.41) is 12.3. The van der Waals surface area contributed by atoms with Crippen LogP contribution in [0.25, 0.3) is 11.1 Å². The molecule has 1 fully saturated rings. The summed E-state index contributed by atoms with van der Waals surface area (Å²) in [7, 11) is 0. The summed E-state index contributed by atoms with van der Waals surface area (Å²) in [6.45, 7) is 4.36. The maximum atomic E-state index is 15.9. The van der Waals surface area contributed by atoms with E-state index in [1.54, 1.807) is 30.0 Å². The number of aryl methyl sites for hydroxylation is 2. The smallest absolute Gasteiger partial charge is 0.416 e. The van der Waals surface area contributed by atoms with Crippen molar-refractivity contribution in [3.05, 3.63) is 106 Å². The Bertz CT molecular complexity index is 1900. The largest absolute Gasteiger partial charge is 0.481 e. The summed E-state index contributed by atoms with van der Waals surface area (Å²) in [5.74, 6) is -4.29. The predicted molar refractivity (Wildman–Crippen MR) is 175 cm³/mol. The number of benzene rings is 3. The Balaban J connectivity index is 1.73. The number of hydrogen-bond acceptors (Lipinski definition) is 5. The molecule has 1 saturated heterocycles. The highest BCUT2D eigenvalue weighted by atomic mass is 19.4. The van der Waals surface area contributed by atoms with Crippen molar-refractivity contribution in [1.29, 1.82) is 0 Å². The van der Waals surface area contributed by atoms with Crippen LogP contribution in [0.5, 0.6) is 11.5 Å². The molecule has 2 aliphatic heterocycles. The molecule has 51 heavy (non-hydrogen) atoms. The molecule has 0 aromatic heterocycles. The van der Waals surface area contributed by atoms with E-state index in [2.05, 4.69) is 5.32 Å². The molecular weight excluding hydrogens is 680 g/mol. The molecule has 0 aliphatic carbocycles. The fourth-order valence-electron chi connectivity index (χ4n) is 6.43. The summed E-state index contributed by atoms with van der Waals surface area (Å²) in [6, 6.07) is 7.66. The minimum atomic E-state index is -4.91. The minimum Gasteiger partial charge on any atom is -0.481 e. The van der Waals surface area contributed by atoms with Crippen LogP contribution in [-0.2, 0) is 14.4 Å². The number of fused-ring (bicyclic) bond motifs is 6. The van der Waals surface area contributed by atoms with Crippen molar-refractivity contribution in [1.82, 2.24) is 15.1 Å². The molecule has 2 unspecified atom stereocenters. The molecule has 5 rings (SSSR count). The van der Waals surface area contributed by atoms with Crippen molar-refractivity contribution in [3.8, 4) is 22.6 Å². The van der Waals surface area contributed by atoms with Crippen molar-refractivity contribution in [2.45, 2.75) is 58.0 Å². The van der Waals surface area contributed by atoms with Crippen LogP contribution in [0, 0.1) is 25.5 Å². The summed E-state index contributed by atoms with van der Waals surface area (Å²) >= 11 is 0. The van der Waals surface area contributed by atoms with Crippen LogP contribution >= 0.6 is 0 Å². The second-order valence-corrected chi connectivity index (χ2v) is 12.5. The number of carbonyl (C=O) groups is 3. The topological polar surface area (TPSA) is 99.2 Å². The first-order chi connectivity index (χ1) is 24.1. The van der Waals surface area contributed by atoms with E-state index in [-0.39, 0.29) is 55.1 Å². The van der Waals surface area contributed by atoms with Crippen LogP contribution in [0.4, 0.5) is 26.3 Å². The number of allylic oxidation sites excluding steroid dienone is 2. The lowest BCUT2D eigenvalue weighted by molar-refractivity contribution is -0.138. The molecule has 2 amide bonds. The van der Waals surface area contributed by atoms with E-state index in [9.17, 15) is 37.1 Å². The zero-order valence-corrected chi connectivity index (χ0v) is 27.9. The monoisotopic (exact) mass is 715 g/mol. The van der Waals surface area contributed by atoms with Gasteiger partial charge in [0, 0.05) is 42.5 Å². The number of carbonyl (C=O) groups excluding carboxylic acids is 2. The van der Waals surface area contributed by atoms with Crippen LogP contribution in [0.15, 0.2) is 72.0 Å². The van der Waals surface area contributed by atoms with Gasteiger partial charge in [0.25, 0.3) is 0 Å². The number of hydrogen-bond donors (Lipinski definition) is 2. The summed E-state index contributed by atoms with van der Waals surface area (Å²) in [5.41, 5.74) is -0.615. The van der Waals surface area contributed by atoms with E-state index < -0.39 is 71.1 Å². The van der Waals surface area contributed by atoms with Gasteiger partial charge in [-0.3, -0.25) is 19.3 Å². The molecule has 4 bridgehead atoms. The lowest BCUT2D eigenvalue weighted by atomic mass is 9.92. The van der Waals surface area contributed by atoms with Crippen molar-refractivity contribution in [2.75, 3.05) is 19.6 Å². The molecule has 0 spiro atoms. The number of nitrogens with one attached hydrogen (secondary N) is 1. The maximum absolute atomic E-state index is 15.9. The highest BCUT2D eigenvalue weighted by Gasteiger charge is 2.38. The minimum absolute atomic E-state index is 0.00510. The first kappa shape index (κ1) is 37.2. The van der Waals surface area contributed by atoms with Gasteiger partial charge in [-0.05, 0) is 85.9 Å². The molecule has 14 heteroatoms. The molecule has 3 aromatic carbocycles. The first-order valence-corrected chi connectivity index (χ1v) is 16.0. The Hall–Kier alpha value is -5.11. The molecule has 2 atom stereocenters. The third-order valence-electron chi connectivity index (χ3n) is 8.89. The molecule has 2 heterocycles. The van der Waals surface area contributed by atoms with E-state index in [1.165, 1.54) is 25.1 Å². The number of likely N-dealkylation sites (tertiary alicyclic amines) is 1. The van der Waals surface area contributed by atoms with E-state index in [1.807, 2.05) is 0 Å². The number of ether oxygens (including phenoxy) is 1. The quantitative estimate of drug-likeness (QED) is 0.134. The van der Waals surface area contributed by atoms with Crippen molar-refractivity contribution >= 4 is 18.3 Å². The Morgan fingerprint density at radius 3 is 2.43 bits per heavy atom. The molecule has 2 N–H and O–H groups in total. The zero-order valence-electron chi connectivity index (χ0n) is 27.9. The molecule has 2 aliphatic rings. The fourth-order valence-corrected chi connectivity index (χ4v) is 6.43. The van der Waals surface area contributed by atoms with Crippen LogP contribution in [0.3, 0.4) is 0 Å². The Morgan fingerprint density at radius 2 is 1.80 bits per heavy atom. The number of halogens is 6.